The Balaban J connectivity index is 2.84. The fourth-order valence-corrected chi connectivity index (χ4v) is 1.95. The van der Waals surface area contributed by atoms with E-state index in [0.717, 1.165) is 7.11 Å². The minimum Gasteiger partial charge on any atom is -0.349 e. The van der Waals surface area contributed by atoms with Crippen LogP contribution in [0.3, 0.4) is 0 Å². The molecular formula is C7H13N3O6S. The maximum absolute atomic E-state index is 11.5. The number of carbonyl (C=O) groups excluding carboxylic acids is 2. The molecule has 9 nitrogen and oxygen atoms in total. The van der Waals surface area contributed by atoms with Gasteiger partial charge in [-0.15, -0.1) is 0 Å². The first-order valence-corrected chi connectivity index (χ1v) is 5.96. The molecule has 0 bridgehead atoms. The summed E-state index contributed by atoms with van der Waals surface area (Å²) in [5.74, 6) is -1.74. The largest absolute Gasteiger partial charge is 0.362 e. The van der Waals surface area contributed by atoms with Crippen molar-refractivity contribution in [3.8, 4) is 0 Å². The molecule has 98 valence electrons. The van der Waals surface area contributed by atoms with Crippen LogP contribution in [0.4, 0.5) is 0 Å². The lowest BCUT2D eigenvalue weighted by molar-refractivity contribution is -0.180. The third-order valence-corrected chi connectivity index (χ3v) is 3.16. The van der Waals surface area contributed by atoms with Gasteiger partial charge in [0.25, 0.3) is 5.91 Å². The number of amides is 2. The summed E-state index contributed by atoms with van der Waals surface area (Å²) in [4.78, 5) is 22.8. The second-order valence-electron chi connectivity index (χ2n) is 3.60. The Morgan fingerprint density at radius 1 is 1.71 bits per heavy atom. The lowest BCUT2D eigenvalue weighted by atomic mass is 10.1. The monoisotopic (exact) mass is 267 g/mol. The molecule has 1 aliphatic heterocycles. The molecule has 1 saturated heterocycles. The van der Waals surface area contributed by atoms with Crippen LogP contribution in [0.5, 0.6) is 0 Å². The number of hydrogen-bond acceptors (Lipinski definition) is 6. The van der Waals surface area contributed by atoms with Crippen molar-refractivity contribution in [2.24, 2.45) is 5.73 Å². The van der Waals surface area contributed by atoms with Crippen molar-refractivity contribution >= 4 is 22.1 Å². The first-order chi connectivity index (χ1) is 7.64. The Morgan fingerprint density at radius 3 is 2.53 bits per heavy atom. The minimum absolute atomic E-state index is 0.179. The molecule has 2 atom stereocenters. The maximum Gasteiger partial charge on any atom is 0.362 e. The third kappa shape index (κ3) is 2.39. The van der Waals surface area contributed by atoms with E-state index in [9.17, 15) is 18.0 Å². The van der Waals surface area contributed by atoms with Gasteiger partial charge in [-0.2, -0.15) is 8.42 Å². The zero-order chi connectivity index (χ0) is 13.4. The van der Waals surface area contributed by atoms with Crippen molar-refractivity contribution in [3.63, 3.8) is 0 Å². The average Bonchev–Trinajstić information content (AvgIpc) is 2.20. The van der Waals surface area contributed by atoms with Crippen LogP contribution >= 0.6 is 0 Å². The zero-order valence-corrected chi connectivity index (χ0v) is 10.0. The molecule has 1 fully saturated rings. The molecule has 10 heteroatoms. The molecule has 0 aliphatic carbocycles. The van der Waals surface area contributed by atoms with Gasteiger partial charge in [0.05, 0.1) is 12.6 Å². The maximum atomic E-state index is 11.5. The predicted octanol–water partition coefficient (Wildman–Crippen LogP) is -2.56. The quantitative estimate of drug-likeness (QED) is 0.289. The summed E-state index contributed by atoms with van der Waals surface area (Å²) in [6.45, 7) is 0.891. The second kappa shape index (κ2) is 4.22. The van der Waals surface area contributed by atoms with E-state index < -0.39 is 40.4 Å². The lowest BCUT2D eigenvalue weighted by Gasteiger charge is -2.45. The summed E-state index contributed by atoms with van der Waals surface area (Å²) in [7, 11) is -3.51. The number of hydrogen-bond donors (Lipinski definition) is 3. The van der Waals surface area contributed by atoms with Crippen LogP contribution in [0, 0.1) is 0 Å². The van der Waals surface area contributed by atoms with Gasteiger partial charge >= 0.3 is 10.3 Å². The normalized spacial score (nSPS) is 26.4. The fourth-order valence-electron chi connectivity index (χ4n) is 1.25. The van der Waals surface area contributed by atoms with Crippen LogP contribution in [0.25, 0.3) is 0 Å². The van der Waals surface area contributed by atoms with E-state index in [1.807, 2.05) is 0 Å². The van der Waals surface area contributed by atoms with E-state index in [1.54, 1.807) is 0 Å². The van der Waals surface area contributed by atoms with Gasteiger partial charge in [0.15, 0.2) is 0 Å². The van der Waals surface area contributed by atoms with Gasteiger partial charge in [-0.1, -0.05) is 0 Å². The first-order valence-electron chi connectivity index (χ1n) is 4.56. The molecule has 0 aromatic carbocycles. The van der Waals surface area contributed by atoms with Gasteiger partial charge < -0.3 is 15.8 Å². The van der Waals surface area contributed by atoms with Crippen molar-refractivity contribution in [1.82, 2.24) is 9.62 Å². The Labute approximate surface area is 97.8 Å². The molecule has 4 N–H and O–H groups in total. The van der Waals surface area contributed by atoms with Crippen molar-refractivity contribution in [1.29, 1.82) is 0 Å². The molecule has 2 amide bonds. The predicted molar refractivity (Wildman–Crippen MR) is 54.8 cm³/mol. The average molecular weight is 267 g/mol. The van der Waals surface area contributed by atoms with E-state index in [2.05, 4.69) is 5.32 Å². The van der Waals surface area contributed by atoms with Crippen molar-refractivity contribution in [2.45, 2.75) is 18.7 Å². The topological polar surface area (TPSA) is 139 Å². The smallest absolute Gasteiger partial charge is 0.349 e. The summed E-state index contributed by atoms with van der Waals surface area (Å²) in [5, 5.41) is 2.18. The van der Waals surface area contributed by atoms with Gasteiger partial charge in [0.1, 0.15) is 0 Å². The van der Waals surface area contributed by atoms with Crippen LogP contribution in [-0.2, 0) is 24.6 Å². The lowest BCUT2D eigenvalue weighted by Crippen LogP contribution is -2.76. The van der Waals surface area contributed by atoms with E-state index in [1.165, 1.54) is 6.92 Å². The van der Waals surface area contributed by atoms with Gasteiger partial charge in [0.2, 0.25) is 11.6 Å². The van der Waals surface area contributed by atoms with E-state index >= 15 is 0 Å². The number of rotatable bonds is 4. The number of nitrogens with two attached hydrogens (primary N) is 1. The Hall–Kier alpha value is -1.23. The Morgan fingerprint density at radius 2 is 2.24 bits per heavy atom. The number of β-lactam (4-membered cyclic amide) rings is 1. The van der Waals surface area contributed by atoms with E-state index in [-0.39, 0.29) is 4.31 Å². The van der Waals surface area contributed by atoms with Gasteiger partial charge in [-0.3, -0.25) is 14.1 Å². The highest BCUT2D eigenvalue weighted by molar-refractivity contribution is 7.84. The molecule has 1 rings (SSSR count). The number of ether oxygens (including phenoxy) is 1. The van der Waals surface area contributed by atoms with Crippen LogP contribution in [-0.4, -0.2) is 54.5 Å². The molecule has 0 spiro atoms. The van der Waals surface area contributed by atoms with Crippen LogP contribution in [0.15, 0.2) is 0 Å². The number of nitrogens with zero attached hydrogens (tertiary/aromatic N) is 1. The molecule has 0 aromatic heterocycles. The third-order valence-electron chi connectivity index (χ3n) is 2.30. The van der Waals surface area contributed by atoms with Gasteiger partial charge in [-0.05, 0) is 6.92 Å². The highest BCUT2D eigenvalue weighted by Gasteiger charge is 2.58. The first kappa shape index (κ1) is 13.8. The molecular weight excluding hydrogens is 254 g/mol. The fraction of sp³-hybridized carbons (Fsp3) is 0.714. The van der Waals surface area contributed by atoms with E-state index in [4.69, 9.17) is 15.0 Å². The van der Waals surface area contributed by atoms with Crippen LogP contribution in [0.2, 0.25) is 0 Å². The summed E-state index contributed by atoms with van der Waals surface area (Å²) in [6.07, 6.45) is 0. The molecule has 0 saturated carbocycles. The van der Waals surface area contributed by atoms with Crippen LogP contribution in [0.1, 0.15) is 6.92 Å². The van der Waals surface area contributed by atoms with Gasteiger partial charge in [-0.25, -0.2) is 4.31 Å². The van der Waals surface area contributed by atoms with E-state index in [0.29, 0.717) is 0 Å². The molecule has 2 unspecified atom stereocenters. The minimum atomic E-state index is -4.63. The number of carbonyl (C=O) groups is 2. The van der Waals surface area contributed by atoms with Crippen LogP contribution < -0.4 is 11.1 Å². The number of nitrogens with one attached hydrogen (secondary N) is 1. The summed E-state index contributed by atoms with van der Waals surface area (Å²) in [6, 6.07) is -0.880. The Bertz CT molecular complexity index is 447. The van der Waals surface area contributed by atoms with Crippen molar-refractivity contribution in [3.05, 3.63) is 0 Å². The van der Waals surface area contributed by atoms with Crippen molar-refractivity contribution < 1.29 is 27.3 Å². The van der Waals surface area contributed by atoms with Crippen molar-refractivity contribution in [2.75, 3.05) is 13.7 Å². The highest BCUT2D eigenvalue weighted by atomic mass is 32.2. The standard InChI is InChI=1S/C7H13N3O6S/c1-4(8)5(11)9-7(16-2)3-10(6(7)12)17(13,14)15/h4H,3,8H2,1-2H3,(H,9,11)(H,13,14,15). The van der Waals surface area contributed by atoms with Gasteiger partial charge in [0, 0.05) is 7.11 Å². The number of methoxy groups -OCH3 is 1. The summed E-state index contributed by atoms with van der Waals surface area (Å²) in [5.41, 5.74) is 3.51. The summed E-state index contributed by atoms with van der Waals surface area (Å²) >= 11 is 0. The SMILES string of the molecule is COC1(NC(=O)C(C)N)CN(S(=O)(=O)O)C1=O. The highest BCUT2D eigenvalue weighted by Crippen LogP contribution is 2.26. The zero-order valence-electron chi connectivity index (χ0n) is 9.21. The molecule has 0 radical (unpaired) electrons. The molecule has 1 heterocycles. The Kier molecular flexibility index (Phi) is 3.43. The second-order valence-corrected chi connectivity index (χ2v) is 4.94. The summed E-state index contributed by atoms with van der Waals surface area (Å²) < 4.78 is 35.0. The molecule has 0 aromatic rings. The molecule has 17 heavy (non-hydrogen) atoms. The molecule has 1 aliphatic rings.